The highest BCUT2D eigenvalue weighted by molar-refractivity contribution is 5.61. The monoisotopic (exact) mass is 340 g/mol. The fourth-order valence-electron chi connectivity index (χ4n) is 5.04. The van der Waals surface area contributed by atoms with E-state index in [1.165, 1.54) is 12.1 Å². The van der Waals surface area contributed by atoms with E-state index < -0.39 is 0 Å². The van der Waals surface area contributed by atoms with Crippen LogP contribution in [0.1, 0.15) is 30.9 Å². The molecule has 0 N–H and O–H groups in total. The van der Waals surface area contributed by atoms with Crippen molar-refractivity contribution in [2.45, 2.75) is 37.8 Å². The summed E-state index contributed by atoms with van der Waals surface area (Å²) in [6.45, 7) is 4.74. The first-order valence-electron chi connectivity index (χ1n) is 9.39. The zero-order valence-electron chi connectivity index (χ0n) is 14.4. The van der Waals surface area contributed by atoms with Crippen LogP contribution in [0.5, 0.6) is 0 Å². The lowest BCUT2D eigenvalue weighted by Crippen LogP contribution is -2.51. The molecule has 0 spiro atoms. The summed E-state index contributed by atoms with van der Waals surface area (Å²) >= 11 is 0. The Morgan fingerprint density at radius 3 is 2.72 bits per heavy atom. The molecule has 25 heavy (non-hydrogen) atoms. The first-order valence-corrected chi connectivity index (χ1v) is 9.39. The highest BCUT2D eigenvalue weighted by Crippen LogP contribution is 2.41. The molecular weight excluding hydrogens is 316 g/mol. The Morgan fingerprint density at radius 2 is 1.92 bits per heavy atom. The third-order valence-electron chi connectivity index (χ3n) is 6.11. The van der Waals surface area contributed by atoms with Crippen molar-refractivity contribution in [1.82, 2.24) is 9.47 Å². The third kappa shape index (κ3) is 2.66. The van der Waals surface area contributed by atoms with E-state index in [4.69, 9.17) is 9.15 Å². The van der Waals surface area contributed by atoms with Gasteiger partial charge in [-0.1, -0.05) is 0 Å². The summed E-state index contributed by atoms with van der Waals surface area (Å²) in [5.41, 5.74) is 2.39. The summed E-state index contributed by atoms with van der Waals surface area (Å²) in [6.07, 6.45) is 5.15. The summed E-state index contributed by atoms with van der Waals surface area (Å²) in [7, 11) is 0. The van der Waals surface area contributed by atoms with E-state index in [0.717, 1.165) is 57.0 Å². The molecule has 0 radical (unpaired) electrons. The van der Waals surface area contributed by atoms with Crippen LogP contribution < -0.4 is 5.56 Å². The highest BCUT2D eigenvalue weighted by Gasteiger charge is 2.38. The van der Waals surface area contributed by atoms with Gasteiger partial charge in [0.15, 0.2) is 0 Å². The van der Waals surface area contributed by atoms with Gasteiger partial charge in [0.05, 0.1) is 6.26 Å². The van der Waals surface area contributed by atoms with E-state index in [1.54, 1.807) is 12.3 Å². The van der Waals surface area contributed by atoms with Gasteiger partial charge in [-0.25, -0.2) is 0 Å². The lowest BCUT2D eigenvalue weighted by molar-refractivity contribution is 0.00595. The van der Waals surface area contributed by atoms with Gasteiger partial charge in [0, 0.05) is 62.1 Å². The fourth-order valence-corrected chi connectivity index (χ4v) is 5.04. The van der Waals surface area contributed by atoms with E-state index >= 15 is 0 Å². The van der Waals surface area contributed by atoms with Gasteiger partial charge in [-0.05, 0) is 43.4 Å². The summed E-state index contributed by atoms with van der Waals surface area (Å²) in [5.74, 6) is 1.84. The number of hydrogen-bond acceptors (Lipinski definition) is 4. The Balaban J connectivity index is 1.53. The van der Waals surface area contributed by atoms with Crippen LogP contribution in [0, 0.1) is 5.92 Å². The maximum Gasteiger partial charge on any atom is 0.250 e. The number of furan rings is 1. The van der Waals surface area contributed by atoms with Crippen molar-refractivity contribution < 1.29 is 9.15 Å². The quantitative estimate of drug-likeness (QED) is 0.843. The van der Waals surface area contributed by atoms with Crippen LogP contribution in [0.15, 0.2) is 39.7 Å². The van der Waals surface area contributed by atoms with Crippen molar-refractivity contribution in [3.8, 4) is 11.3 Å². The molecule has 0 aromatic carbocycles. The second kappa shape index (κ2) is 6.15. The van der Waals surface area contributed by atoms with E-state index in [9.17, 15) is 4.79 Å². The number of likely N-dealkylation sites (tertiary alicyclic amines) is 1. The van der Waals surface area contributed by atoms with Gasteiger partial charge in [-0.3, -0.25) is 9.69 Å². The predicted molar refractivity (Wildman–Crippen MR) is 94.7 cm³/mol. The Morgan fingerprint density at radius 1 is 1.04 bits per heavy atom. The second-order valence-electron chi connectivity index (χ2n) is 7.65. The molecule has 2 aromatic heterocycles. The molecule has 3 aliphatic heterocycles. The van der Waals surface area contributed by atoms with Crippen LogP contribution in [0.4, 0.5) is 0 Å². The number of rotatable bonds is 2. The number of pyridine rings is 1. The Hall–Kier alpha value is -1.85. The molecule has 5 heterocycles. The molecule has 2 fully saturated rings. The lowest BCUT2D eigenvalue weighted by atomic mass is 9.80. The number of fused-ring (bicyclic) bond motifs is 4. The molecule has 5 rings (SSSR count). The smallest absolute Gasteiger partial charge is 0.250 e. The van der Waals surface area contributed by atoms with Crippen LogP contribution in [-0.2, 0) is 11.3 Å². The predicted octanol–water partition coefficient (Wildman–Crippen LogP) is 2.71. The van der Waals surface area contributed by atoms with Gasteiger partial charge in [0.2, 0.25) is 0 Å². The normalized spacial score (nSPS) is 27.2. The van der Waals surface area contributed by atoms with E-state index in [2.05, 4.69) is 4.90 Å². The van der Waals surface area contributed by atoms with Crippen LogP contribution in [0.3, 0.4) is 0 Å². The SMILES string of the molecule is O=c1ccc(-c2ccco2)c2n1C[C@H]1C[C@@H]2CN(C2CCOCC2)C1. The molecule has 0 saturated carbocycles. The largest absolute Gasteiger partial charge is 0.464 e. The van der Waals surface area contributed by atoms with Crippen molar-refractivity contribution in [2.75, 3.05) is 26.3 Å². The molecule has 132 valence electrons. The summed E-state index contributed by atoms with van der Waals surface area (Å²) in [4.78, 5) is 15.2. The number of aromatic nitrogens is 1. The van der Waals surface area contributed by atoms with Gasteiger partial charge < -0.3 is 13.7 Å². The van der Waals surface area contributed by atoms with Gasteiger partial charge in [0.25, 0.3) is 5.56 Å². The Kier molecular flexibility index (Phi) is 3.79. The van der Waals surface area contributed by atoms with Crippen LogP contribution in [-0.4, -0.2) is 41.8 Å². The van der Waals surface area contributed by atoms with E-state index in [1.807, 2.05) is 22.8 Å². The molecule has 2 atom stereocenters. The lowest BCUT2D eigenvalue weighted by Gasteiger charge is -2.47. The summed E-state index contributed by atoms with van der Waals surface area (Å²) in [5, 5.41) is 0. The van der Waals surface area contributed by atoms with Gasteiger partial charge in [-0.2, -0.15) is 0 Å². The Bertz CT molecular complexity index is 805. The third-order valence-corrected chi connectivity index (χ3v) is 6.11. The molecule has 2 saturated heterocycles. The van der Waals surface area contributed by atoms with Crippen molar-refractivity contribution in [3.05, 3.63) is 46.6 Å². The topological polar surface area (TPSA) is 47.6 Å². The molecule has 2 bridgehead atoms. The molecule has 0 aliphatic carbocycles. The maximum absolute atomic E-state index is 12.5. The average molecular weight is 340 g/mol. The molecular formula is C20H24N2O3. The summed E-state index contributed by atoms with van der Waals surface area (Å²) in [6, 6.07) is 8.18. The number of piperidine rings is 1. The van der Waals surface area contributed by atoms with Crippen molar-refractivity contribution >= 4 is 0 Å². The second-order valence-corrected chi connectivity index (χ2v) is 7.65. The van der Waals surface area contributed by atoms with Crippen molar-refractivity contribution in [1.29, 1.82) is 0 Å². The minimum Gasteiger partial charge on any atom is -0.464 e. The minimum atomic E-state index is 0.125. The zero-order chi connectivity index (χ0) is 16.8. The highest BCUT2D eigenvalue weighted by atomic mass is 16.5. The average Bonchev–Trinajstić information content (AvgIpc) is 3.18. The van der Waals surface area contributed by atoms with E-state index in [-0.39, 0.29) is 5.56 Å². The van der Waals surface area contributed by atoms with Crippen LogP contribution in [0.25, 0.3) is 11.3 Å². The maximum atomic E-state index is 12.5. The Labute approximate surface area is 147 Å². The molecule has 0 amide bonds. The summed E-state index contributed by atoms with van der Waals surface area (Å²) < 4.78 is 13.2. The van der Waals surface area contributed by atoms with Crippen LogP contribution in [0.2, 0.25) is 0 Å². The molecule has 0 unspecified atom stereocenters. The standard InChI is InChI=1S/C20H24N2O3/c23-19-4-3-17(18-2-1-7-25-18)20-15-10-14(12-22(19)20)11-21(13-15)16-5-8-24-9-6-16/h1-4,7,14-16H,5-6,8-13H2/t14-,15+/m0/s1. The first kappa shape index (κ1) is 15.4. The molecule has 5 nitrogen and oxygen atoms in total. The fraction of sp³-hybridized carbons (Fsp3) is 0.550. The number of ether oxygens (including phenoxy) is 1. The molecule has 3 aliphatic rings. The minimum absolute atomic E-state index is 0.125. The van der Waals surface area contributed by atoms with Crippen molar-refractivity contribution in [3.63, 3.8) is 0 Å². The molecule has 2 aromatic rings. The van der Waals surface area contributed by atoms with Gasteiger partial charge in [0.1, 0.15) is 5.76 Å². The van der Waals surface area contributed by atoms with Gasteiger partial charge in [-0.15, -0.1) is 0 Å². The molecule has 5 heteroatoms. The number of nitrogens with zero attached hydrogens (tertiary/aromatic N) is 2. The van der Waals surface area contributed by atoms with Crippen LogP contribution >= 0.6 is 0 Å². The van der Waals surface area contributed by atoms with Gasteiger partial charge >= 0.3 is 0 Å². The van der Waals surface area contributed by atoms with Crippen molar-refractivity contribution in [2.24, 2.45) is 5.92 Å². The van der Waals surface area contributed by atoms with E-state index in [0.29, 0.717) is 17.9 Å². The number of hydrogen-bond donors (Lipinski definition) is 0. The zero-order valence-corrected chi connectivity index (χ0v) is 14.4. The first-order chi connectivity index (χ1) is 12.3.